The third-order valence-corrected chi connectivity index (χ3v) is 13.0. The molecule has 0 saturated carbocycles. The number of carbonyl (C=O) groups excluding carboxylic acids is 8. The molecule has 10 amide bonds. The minimum atomic E-state index is -1.23. The molecule has 4 unspecified atom stereocenters. The standard InChI is InChI=1S/C49H72N12O8/c1-31-35(60-49(69)56-31)19-7-4-8-24-42(62)53-25-13-11-21-37(43(50)63)57-44(64)38(22-15-26-54-48(51)68)58-45(65)39(29-33-30-55-36-20-10-9-18-34(33)36)59-46(66)41-23-12-14-27-61(41)47(67)40(52-2)28-32-16-5-3-6-17-32/h3,5-6,9-10,16-18,20,30-31,35,37-41,52,55H,4,7-8,11-15,19,21-29H2,1-2H3,(H2,50,63)(H,53,62)(H,57,64)(H,58,65)(H,59,66)(H3,51,54,68)(H2,56,60,69)/t31-,35+,37?,38?,39?,40?,41+/m1/s1. The number of fused-ring (bicyclic) bond motifs is 1. The summed E-state index contributed by atoms with van der Waals surface area (Å²) in [6.45, 7) is 2.78. The summed E-state index contributed by atoms with van der Waals surface area (Å²) in [6.07, 6.45) is 9.02. The van der Waals surface area contributed by atoms with Crippen LogP contribution in [0.2, 0.25) is 0 Å². The van der Waals surface area contributed by atoms with Crippen molar-refractivity contribution >= 4 is 58.4 Å². The number of benzene rings is 2. The van der Waals surface area contributed by atoms with E-state index >= 15 is 0 Å². The fourth-order valence-electron chi connectivity index (χ4n) is 9.03. The Kier molecular flexibility index (Phi) is 21.1. The molecular weight excluding hydrogens is 885 g/mol. The van der Waals surface area contributed by atoms with Gasteiger partial charge in [0, 0.05) is 55.6 Å². The van der Waals surface area contributed by atoms with Gasteiger partial charge in [-0.25, -0.2) is 9.59 Å². The normalized spacial score (nSPS) is 18.4. The zero-order chi connectivity index (χ0) is 49.7. The van der Waals surface area contributed by atoms with Gasteiger partial charge in [-0.15, -0.1) is 0 Å². The van der Waals surface area contributed by atoms with Gasteiger partial charge < -0.3 is 63.9 Å². The van der Waals surface area contributed by atoms with E-state index in [1.54, 1.807) is 18.1 Å². The lowest BCUT2D eigenvalue weighted by molar-refractivity contribution is -0.144. The second-order valence-electron chi connectivity index (χ2n) is 18.1. The molecule has 2 aromatic carbocycles. The number of amides is 10. The van der Waals surface area contributed by atoms with E-state index in [0.29, 0.717) is 64.5 Å². The predicted molar refractivity (Wildman–Crippen MR) is 261 cm³/mol. The first-order valence-electron chi connectivity index (χ1n) is 24.4. The summed E-state index contributed by atoms with van der Waals surface area (Å²) in [5.74, 6) is -2.98. The van der Waals surface area contributed by atoms with Crippen molar-refractivity contribution in [1.29, 1.82) is 0 Å². The van der Waals surface area contributed by atoms with Gasteiger partial charge in [-0.3, -0.25) is 28.8 Å². The smallest absolute Gasteiger partial charge is 0.315 e. The van der Waals surface area contributed by atoms with Crippen LogP contribution in [-0.4, -0.2) is 126 Å². The summed E-state index contributed by atoms with van der Waals surface area (Å²) >= 11 is 0. The second kappa shape index (κ2) is 27.3. The minimum Gasteiger partial charge on any atom is -0.368 e. The highest BCUT2D eigenvalue weighted by atomic mass is 16.2. The molecule has 2 aliphatic heterocycles. The van der Waals surface area contributed by atoms with Crippen LogP contribution in [0.5, 0.6) is 0 Å². The molecule has 0 spiro atoms. The van der Waals surface area contributed by atoms with Crippen molar-refractivity contribution in [3.8, 4) is 0 Å². The summed E-state index contributed by atoms with van der Waals surface area (Å²) in [5, 5.41) is 23.5. The molecular formula is C49H72N12O8. The van der Waals surface area contributed by atoms with E-state index in [2.05, 4.69) is 47.5 Å². The van der Waals surface area contributed by atoms with Crippen LogP contribution in [0.1, 0.15) is 102 Å². The van der Waals surface area contributed by atoms with Gasteiger partial charge in [0.2, 0.25) is 35.4 Å². The number of H-pyrrole nitrogens is 1. The minimum absolute atomic E-state index is 0.0221. The van der Waals surface area contributed by atoms with Gasteiger partial charge in [-0.1, -0.05) is 61.4 Å². The fraction of sp³-hybridized carbons (Fsp3) is 0.551. The highest BCUT2D eigenvalue weighted by Crippen LogP contribution is 2.22. The predicted octanol–water partition coefficient (Wildman–Crippen LogP) is 1.62. The molecule has 5 rings (SSSR count). The van der Waals surface area contributed by atoms with Crippen LogP contribution in [0, 0.1) is 0 Å². The number of likely N-dealkylation sites (N-methyl/N-ethyl adjacent to an activating group) is 1. The van der Waals surface area contributed by atoms with Crippen LogP contribution in [0.25, 0.3) is 10.9 Å². The molecule has 3 aromatic rings. The number of aromatic amines is 1. The Bertz CT molecular complexity index is 2200. The van der Waals surface area contributed by atoms with Crippen molar-refractivity contribution in [3.63, 3.8) is 0 Å². The first-order chi connectivity index (χ1) is 33.2. The summed E-state index contributed by atoms with van der Waals surface area (Å²) in [7, 11) is 1.71. The maximum absolute atomic E-state index is 14.5. The maximum Gasteiger partial charge on any atom is 0.315 e. The molecule has 3 heterocycles. The SMILES string of the molecule is CNC(Cc1ccccc1)C(=O)N1CCCC[C@H]1C(=O)NC(Cc1c[nH]c2ccccc12)C(=O)NC(CCCNC(N)=O)C(=O)NC(CCCCNC(=O)CCCCC[C@@H]1NC(=O)N[C@@H]1C)C(N)=O. The van der Waals surface area contributed by atoms with Crippen molar-refractivity contribution in [2.75, 3.05) is 26.7 Å². The zero-order valence-electron chi connectivity index (χ0n) is 39.9. The van der Waals surface area contributed by atoms with E-state index in [1.807, 2.05) is 61.5 Å². The average Bonchev–Trinajstić information content (AvgIpc) is 3.90. The molecule has 20 heteroatoms. The monoisotopic (exact) mass is 957 g/mol. The molecule has 2 saturated heterocycles. The van der Waals surface area contributed by atoms with Crippen LogP contribution in [0.15, 0.2) is 60.8 Å². The van der Waals surface area contributed by atoms with Gasteiger partial charge in [0.1, 0.15) is 24.2 Å². The van der Waals surface area contributed by atoms with Crippen molar-refractivity contribution < 1.29 is 38.4 Å². The van der Waals surface area contributed by atoms with Crippen molar-refractivity contribution in [1.82, 2.24) is 52.4 Å². The number of rotatable bonds is 28. The third kappa shape index (κ3) is 16.8. The topological polar surface area (TPSA) is 304 Å². The molecule has 20 nitrogen and oxygen atoms in total. The van der Waals surface area contributed by atoms with Crippen molar-refractivity contribution in [3.05, 3.63) is 71.9 Å². The molecule has 1 aromatic heterocycles. The summed E-state index contributed by atoms with van der Waals surface area (Å²) < 4.78 is 0. The number of aromatic nitrogens is 1. The van der Waals surface area contributed by atoms with Gasteiger partial charge >= 0.3 is 12.1 Å². The van der Waals surface area contributed by atoms with E-state index in [9.17, 15) is 38.4 Å². The van der Waals surface area contributed by atoms with Crippen LogP contribution in [0.4, 0.5) is 9.59 Å². The van der Waals surface area contributed by atoms with E-state index in [1.165, 1.54) is 0 Å². The summed E-state index contributed by atoms with van der Waals surface area (Å²) in [4.78, 5) is 110. The van der Waals surface area contributed by atoms with E-state index < -0.39 is 59.9 Å². The number of urea groups is 2. The number of para-hydroxylation sites is 1. The Balaban J connectivity index is 1.22. The van der Waals surface area contributed by atoms with Gasteiger partial charge in [0.25, 0.3) is 0 Å². The number of nitrogens with two attached hydrogens (primary N) is 2. The van der Waals surface area contributed by atoms with Crippen molar-refractivity contribution in [2.24, 2.45) is 11.5 Å². The van der Waals surface area contributed by atoms with Gasteiger partial charge in [-0.05, 0) is 102 Å². The Morgan fingerprint density at radius 1 is 0.739 bits per heavy atom. The van der Waals surface area contributed by atoms with E-state index in [0.717, 1.165) is 41.3 Å². The number of hydrogen-bond donors (Lipinski definition) is 11. The lowest BCUT2D eigenvalue weighted by Gasteiger charge is -2.37. The number of hydrogen-bond acceptors (Lipinski definition) is 9. The number of likely N-dealkylation sites (tertiary alicyclic amines) is 1. The van der Waals surface area contributed by atoms with Crippen LogP contribution in [-0.2, 0) is 41.6 Å². The number of carbonyl (C=O) groups is 8. The van der Waals surface area contributed by atoms with Crippen LogP contribution < -0.4 is 54.0 Å². The highest BCUT2D eigenvalue weighted by molar-refractivity contribution is 5.96. The average molecular weight is 957 g/mol. The molecule has 2 fully saturated rings. The number of nitrogens with zero attached hydrogens (tertiary/aromatic N) is 1. The highest BCUT2D eigenvalue weighted by Gasteiger charge is 2.38. The van der Waals surface area contributed by atoms with Gasteiger partial charge in [-0.2, -0.15) is 0 Å². The van der Waals surface area contributed by atoms with Gasteiger partial charge in [0.15, 0.2) is 0 Å². The molecule has 69 heavy (non-hydrogen) atoms. The van der Waals surface area contributed by atoms with Crippen LogP contribution in [0.3, 0.4) is 0 Å². The summed E-state index contributed by atoms with van der Waals surface area (Å²) in [5.41, 5.74) is 13.5. The maximum atomic E-state index is 14.5. The second-order valence-corrected chi connectivity index (χ2v) is 18.1. The Morgan fingerprint density at radius 3 is 2.17 bits per heavy atom. The Hall–Kier alpha value is -6.70. The largest absolute Gasteiger partial charge is 0.368 e. The summed E-state index contributed by atoms with van der Waals surface area (Å²) in [6, 6.07) is 11.4. The number of unbranched alkanes of at least 4 members (excludes halogenated alkanes) is 3. The molecule has 0 bridgehead atoms. The number of primary amides is 2. The number of piperidine rings is 1. The number of nitrogens with one attached hydrogen (secondary N) is 9. The zero-order valence-corrected chi connectivity index (χ0v) is 39.9. The first kappa shape index (κ1) is 53.3. The molecule has 7 atom stereocenters. The lowest BCUT2D eigenvalue weighted by atomic mass is 9.97. The molecule has 0 radical (unpaired) electrons. The quantitative estimate of drug-likeness (QED) is 0.0471. The van der Waals surface area contributed by atoms with Crippen molar-refractivity contribution in [2.45, 2.75) is 146 Å². The van der Waals surface area contributed by atoms with Gasteiger partial charge in [0.05, 0.1) is 12.1 Å². The van der Waals surface area contributed by atoms with E-state index in [4.69, 9.17) is 11.5 Å². The molecule has 13 N–H and O–H groups in total. The first-order valence-corrected chi connectivity index (χ1v) is 24.4. The third-order valence-electron chi connectivity index (χ3n) is 13.0. The Morgan fingerprint density at radius 2 is 1.45 bits per heavy atom. The molecule has 2 aliphatic rings. The van der Waals surface area contributed by atoms with Crippen LogP contribution >= 0.6 is 0 Å². The fourth-order valence-corrected chi connectivity index (χ4v) is 9.03. The molecule has 376 valence electrons. The molecule has 0 aliphatic carbocycles. The Labute approximate surface area is 403 Å². The van der Waals surface area contributed by atoms with E-state index in [-0.39, 0.29) is 62.2 Å². The lowest BCUT2D eigenvalue weighted by Crippen LogP contribution is -2.61.